The van der Waals surface area contributed by atoms with Gasteiger partial charge in [-0.05, 0) is 12.8 Å². The number of rotatable bonds is 10. The van der Waals surface area contributed by atoms with E-state index in [4.69, 9.17) is 14.9 Å². The standard InChI is InChI=1S/C9H19NO6S/c1-16-7-8(4-5-11)10-17(14,15)6-2-3-9(12)13/h8,10-11H,2-7H2,1H3,(H,12,13). The second-order valence-corrected chi connectivity index (χ2v) is 5.47. The molecule has 0 saturated carbocycles. The first-order chi connectivity index (χ1) is 7.91. The Balaban J connectivity index is 4.15. The van der Waals surface area contributed by atoms with Crippen molar-refractivity contribution in [3.63, 3.8) is 0 Å². The summed E-state index contributed by atoms with van der Waals surface area (Å²) in [5.41, 5.74) is 0. The summed E-state index contributed by atoms with van der Waals surface area (Å²) in [5.74, 6) is -1.27. The van der Waals surface area contributed by atoms with E-state index in [0.29, 0.717) is 0 Å². The van der Waals surface area contributed by atoms with Crippen LogP contribution in [-0.4, -0.2) is 56.7 Å². The third-order valence-corrected chi connectivity index (χ3v) is 3.51. The average molecular weight is 269 g/mol. The predicted molar refractivity (Wildman–Crippen MR) is 61.2 cm³/mol. The molecule has 0 aliphatic carbocycles. The van der Waals surface area contributed by atoms with E-state index in [9.17, 15) is 13.2 Å². The van der Waals surface area contributed by atoms with Crippen LogP contribution in [0.15, 0.2) is 0 Å². The Morgan fingerprint density at radius 1 is 1.47 bits per heavy atom. The quantitative estimate of drug-likeness (QED) is 0.477. The number of aliphatic hydroxyl groups excluding tert-OH is 1. The van der Waals surface area contributed by atoms with Crippen LogP contribution < -0.4 is 4.72 Å². The summed E-state index contributed by atoms with van der Waals surface area (Å²) in [6, 6.07) is -0.486. The van der Waals surface area contributed by atoms with E-state index in [1.165, 1.54) is 7.11 Å². The van der Waals surface area contributed by atoms with Gasteiger partial charge in [-0.1, -0.05) is 0 Å². The van der Waals surface area contributed by atoms with Crippen molar-refractivity contribution in [2.24, 2.45) is 0 Å². The molecule has 1 unspecified atom stereocenters. The van der Waals surface area contributed by atoms with Crippen molar-refractivity contribution in [2.45, 2.75) is 25.3 Å². The van der Waals surface area contributed by atoms with E-state index in [-0.39, 0.29) is 38.2 Å². The Hall–Kier alpha value is -0.700. The molecule has 7 nitrogen and oxygen atoms in total. The number of sulfonamides is 1. The zero-order valence-electron chi connectivity index (χ0n) is 9.76. The van der Waals surface area contributed by atoms with Gasteiger partial charge in [0.25, 0.3) is 0 Å². The second-order valence-electron chi connectivity index (χ2n) is 3.60. The van der Waals surface area contributed by atoms with E-state index >= 15 is 0 Å². The van der Waals surface area contributed by atoms with Gasteiger partial charge in [-0.25, -0.2) is 13.1 Å². The zero-order chi connectivity index (χ0) is 13.3. The number of aliphatic carboxylic acids is 1. The minimum absolute atomic E-state index is 0.0590. The summed E-state index contributed by atoms with van der Waals surface area (Å²) in [6.45, 7) is 0.0182. The van der Waals surface area contributed by atoms with E-state index in [0.717, 1.165) is 0 Å². The number of carbonyl (C=O) groups is 1. The molecule has 1 atom stereocenters. The van der Waals surface area contributed by atoms with Gasteiger partial charge in [-0.2, -0.15) is 0 Å². The highest BCUT2D eigenvalue weighted by Crippen LogP contribution is 1.99. The van der Waals surface area contributed by atoms with Crippen LogP contribution in [0, 0.1) is 0 Å². The van der Waals surface area contributed by atoms with Gasteiger partial charge < -0.3 is 14.9 Å². The highest BCUT2D eigenvalue weighted by molar-refractivity contribution is 7.89. The van der Waals surface area contributed by atoms with Crippen LogP contribution in [0.5, 0.6) is 0 Å². The van der Waals surface area contributed by atoms with Crippen LogP contribution in [0.3, 0.4) is 0 Å². The Morgan fingerprint density at radius 3 is 2.59 bits per heavy atom. The van der Waals surface area contributed by atoms with Gasteiger partial charge in [0.2, 0.25) is 10.0 Å². The highest BCUT2D eigenvalue weighted by Gasteiger charge is 2.17. The predicted octanol–water partition coefficient (Wildman–Crippen LogP) is -0.832. The lowest BCUT2D eigenvalue weighted by Gasteiger charge is -2.16. The van der Waals surface area contributed by atoms with Crippen molar-refractivity contribution in [2.75, 3.05) is 26.1 Å². The number of aliphatic hydroxyl groups is 1. The monoisotopic (exact) mass is 269 g/mol. The summed E-state index contributed by atoms with van der Waals surface area (Å²) in [6.07, 6.45) is 0.130. The smallest absolute Gasteiger partial charge is 0.303 e. The molecule has 0 aromatic carbocycles. The minimum Gasteiger partial charge on any atom is -0.481 e. The molecule has 0 aromatic heterocycles. The second kappa shape index (κ2) is 8.40. The van der Waals surface area contributed by atoms with Gasteiger partial charge in [0.1, 0.15) is 0 Å². The molecule has 0 heterocycles. The molecule has 0 spiro atoms. The number of hydrogen-bond acceptors (Lipinski definition) is 5. The first kappa shape index (κ1) is 16.3. The maximum Gasteiger partial charge on any atom is 0.303 e. The van der Waals surface area contributed by atoms with Crippen molar-refractivity contribution in [3.05, 3.63) is 0 Å². The molecule has 102 valence electrons. The van der Waals surface area contributed by atoms with Crippen molar-refractivity contribution in [3.8, 4) is 0 Å². The van der Waals surface area contributed by atoms with E-state index in [1.54, 1.807) is 0 Å². The fraction of sp³-hybridized carbons (Fsp3) is 0.889. The van der Waals surface area contributed by atoms with Gasteiger partial charge in [-0.15, -0.1) is 0 Å². The number of nitrogens with one attached hydrogen (secondary N) is 1. The number of carboxylic acid groups (broad SMARTS) is 1. The van der Waals surface area contributed by atoms with E-state index in [1.807, 2.05) is 0 Å². The van der Waals surface area contributed by atoms with Crippen molar-refractivity contribution >= 4 is 16.0 Å². The minimum atomic E-state index is -3.53. The van der Waals surface area contributed by atoms with Gasteiger partial charge in [0, 0.05) is 26.2 Å². The Morgan fingerprint density at radius 2 is 2.12 bits per heavy atom. The summed E-state index contributed by atoms with van der Waals surface area (Å²) in [7, 11) is -2.09. The van der Waals surface area contributed by atoms with Crippen LogP contribution in [0.2, 0.25) is 0 Å². The van der Waals surface area contributed by atoms with E-state index in [2.05, 4.69) is 4.72 Å². The number of carboxylic acids is 1. The molecule has 0 fully saturated rings. The molecular formula is C9H19NO6S. The molecule has 0 radical (unpaired) electrons. The Labute approximate surface area is 101 Å². The molecule has 0 saturated heterocycles. The molecule has 0 aromatic rings. The molecule has 3 N–H and O–H groups in total. The Bertz CT molecular complexity index is 309. The first-order valence-corrected chi connectivity index (χ1v) is 6.88. The topological polar surface area (TPSA) is 113 Å². The number of methoxy groups -OCH3 is 1. The molecule has 8 heteroatoms. The van der Waals surface area contributed by atoms with Gasteiger partial charge >= 0.3 is 5.97 Å². The normalized spacial score (nSPS) is 13.5. The fourth-order valence-corrected chi connectivity index (χ4v) is 2.60. The van der Waals surface area contributed by atoms with Crippen LogP contribution in [0.4, 0.5) is 0 Å². The summed E-state index contributed by atoms with van der Waals surface area (Å²) in [4.78, 5) is 10.2. The third kappa shape index (κ3) is 9.04. The van der Waals surface area contributed by atoms with Gasteiger partial charge in [0.05, 0.1) is 12.4 Å². The Kier molecular flexibility index (Phi) is 8.05. The molecule has 0 aliphatic rings. The van der Waals surface area contributed by atoms with Crippen LogP contribution in [0.25, 0.3) is 0 Å². The lowest BCUT2D eigenvalue weighted by atomic mass is 10.2. The molecular weight excluding hydrogens is 250 g/mol. The fourth-order valence-electron chi connectivity index (χ4n) is 1.26. The molecule has 0 rings (SSSR count). The highest BCUT2D eigenvalue weighted by atomic mass is 32.2. The van der Waals surface area contributed by atoms with Crippen molar-refractivity contribution in [1.82, 2.24) is 4.72 Å². The third-order valence-electron chi connectivity index (χ3n) is 2.00. The summed E-state index contributed by atoms with van der Waals surface area (Å²) >= 11 is 0. The van der Waals surface area contributed by atoms with Crippen molar-refractivity contribution < 1.29 is 28.2 Å². The lowest BCUT2D eigenvalue weighted by Crippen LogP contribution is -2.39. The van der Waals surface area contributed by atoms with Crippen LogP contribution in [-0.2, 0) is 19.6 Å². The van der Waals surface area contributed by atoms with Crippen LogP contribution in [0.1, 0.15) is 19.3 Å². The first-order valence-electron chi connectivity index (χ1n) is 5.23. The zero-order valence-corrected chi connectivity index (χ0v) is 10.6. The van der Waals surface area contributed by atoms with Gasteiger partial charge in [0.15, 0.2) is 0 Å². The largest absolute Gasteiger partial charge is 0.481 e. The number of hydrogen-bond donors (Lipinski definition) is 3. The molecule has 17 heavy (non-hydrogen) atoms. The van der Waals surface area contributed by atoms with E-state index < -0.39 is 22.0 Å². The van der Waals surface area contributed by atoms with Gasteiger partial charge in [-0.3, -0.25) is 4.79 Å². The van der Waals surface area contributed by atoms with Crippen molar-refractivity contribution in [1.29, 1.82) is 0 Å². The number of ether oxygens (including phenoxy) is 1. The molecule has 0 bridgehead atoms. The maximum absolute atomic E-state index is 11.5. The summed E-state index contributed by atoms with van der Waals surface area (Å²) < 4.78 is 30.2. The average Bonchev–Trinajstić information content (AvgIpc) is 2.16. The SMILES string of the molecule is COCC(CCO)NS(=O)(=O)CCCC(=O)O. The molecule has 0 aliphatic heterocycles. The maximum atomic E-state index is 11.5. The lowest BCUT2D eigenvalue weighted by molar-refractivity contribution is -0.137. The molecule has 0 amide bonds. The summed E-state index contributed by atoms with van der Waals surface area (Å²) in [5, 5.41) is 17.1. The van der Waals surface area contributed by atoms with Crippen LogP contribution >= 0.6 is 0 Å².